The van der Waals surface area contributed by atoms with Gasteiger partial charge in [-0.3, -0.25) is 9.59 Å². The van der Waals surface area contributed by atoms with E-state index in [1.165, 1.54) is 43.9 Å². The van der Waals surface area contributed by atoms with Crippen molar-refractivity contribution < 1.29 is 27.5 Å². The third-order valence-corrected chi connectivity index (χ3v) is 6.43. The van der Waals surface area contributed by atoms with E-state index < -0.39 is 28.6 Å². The highest BCUT2D eigenvalue weighted by Crippen LogP contribution is 2.19. The average molecular weight is 432 g/mol. The molecule has 1 unspecified atom stereocenters. The van der Waals surface area contributed by atoms with Crippen molar-refractivity contribution in [1.82, 2.24) is 9.62 Å². The first-order valence-electron chi connectivity index (χ1n) is 9.48. The second-order valence-corrected chi connectivity index (χ2v) is 8.67. The highest BCUT2D eigenvalue weighted by Gasteiger charge is 2.25. The summed E-state index contributed by atoms with van der Waals surface area (Å²) in [5.41, 5.74) is 2.28. The topological polar surface area (TPSA) is 102 Å². The molecular formula is C21H24N2O6S. The van der Waals surface area contributed by atoms with Gasteiger partial charge in [-0.1, -0.05) is 24.3 Å². The number of ether oxygens (including phenoxy) is 2. The Balaban J connectivity index is 1.52. The minimum absolute atomic E-state index is 0.00833. The Morgan fingerprint density at radius 1 is 1.10 bits per heavy atom. The lowest BCUT2D eigenvalue weighted by Crippen LogP contribution is -2.42. The summed E-state index contributed by atoms with van der Waals surface area (Å²) in [6, 6.07) is 12.5. The van der Waals surface area contributed by atoms with Gasteiger partial charge in [0.2, 0.25) is 10.0 Å². The van der Waals surface area contributed by atoms with Crippen molar-refractivity contribution in [1.29, 1.82) is 0 Å². The van der Waals surface area contributed by atoms with E-state index in [0.717, 1.165) is 12.0 Å². The SMILES string of the molecule is COc1ccc(S(=O)(=O)NC(C)C(=O)OCC(=O)N2CCc3ccccc3C2)cc1. The van der Waals surface area contributed by atoms with Crippen molar-refractivity contribution >= 4 is 21.9 Å². The number of nitrogens with one attached hydrogen (secondary N) is 1. The van der Waals surface area contributed by atoms with Crippen LogP contribution in [0.15, 0.2) is 53.4 Å². The number of sulfonamides is 1. The number of hydrogen-bond donors (Lipinski definition) is 1. The molecule has 0 bridgehead atoms. The normalized spacial score (nSPS) is 14.5. The Morgan fingerprint density at radius 2 is 1.77 bits per heavy atom. The summed E-state index contributed by atoms with van der Waals surface area (Å²) >= 11 is 0. The van der Waals surface area contributed by atoms with E-state index in [2.05, 4.69) is 4.72 Å². The van der Waals surface area contributed by atoms with Crippen LogP contribution in [-0.4, -0.2) is 51.5 Å². The molecule has 1 atom stereocenters. The summed E-state index contributed by atoms with van der Waals surface area (Å²) in [4.78, 5) is 26.2. The van der Waals surface area contributed by atoms with Crippen LogP contribution >= 0.6 is 0 Å². The lowest BCUT2D eigenvalue weighted by molar-refractivity contribution is -0.153. The quantitative estimate of drug-likeness (QED) is 0.665. The molecule has 1 aliphatic heterocycles. The summed E-state index contributed by atoms with van der Waals surface area (Å²) < 4.78 is 37.1. The zero-order valence-electron chi connectivity index (χ0n) is 16.8. The molecule has 0 aliphatic carbocycles. The average Bonchev–Trinajstić information content (AvgIpc) is 2.76. The predicted molar refractivity (Wildman–Crippen MR) is 109 cm³/mol. The smallest absolute Gasteiger partial charge is 0.324 e. The van der Waals surface area contributed by atoms with Crippen molar-refractivity contribution in [3.8, 4) is 5.75 Å². The van der Waals surface area contributed by atoms with Crippen molar-refractivity contribution in [2.45, 2.75) is 30.8 Å². The van der Waals surface area contributed by atoms with Gasteiger partial charge >= 0.3 is 5.97 Å². The minimum Gasteiger partial charge on any atom is -0.497 e. The van der Waals surface area contributed by atoms with Crippen LogP contribution in [0.1, 0.15) is 18.1 Å². The van der Waals surface area contributed by atoms with Gasteiger partial charge in [-0.2, -0.15) is 4.72 Å². The molecule has 1 aliphatic rings. The summed E-state index contributed by atoms with van der Waals surface area (Å²) in [5.74, 6) is -0.624. The van der Waals surface area contributed by atoms with Gasteiger partial charge in [0.05, 0.1) is 12.0 Å². The molecule has 160 valence electrons. The Kier molecular flexibility index (Phi) is 6.73. The number of nitrogens with zero attached hydrogens (tertiary/aromatic N) is 1. The van der Waals surface area contributed by atoms with Gasteiger partial charge in [0.15, 0.2) is 6.61 Å². The number of methoxy groups -OCH3 is 1. The van der Waals surface area contributed by atoms with Crippen molar-refractivity contribution in [3.63, 3.8) is 0 Å². The molecule has 2 aromatic carbocycles. The van der Waals surface area contributed by atoms with Gasteiger partial charge in [-0.25, -0.2) is 8.42 Å². The number of carbonyl (C=O) groups is 2. The molecule has 1 N–H and O–H groups in total. The fraction of sp³-hybridized carbons (Fsp3) is 0.333. The molecule has 0 saturated heterocycles. The highest BCUT2D eigenvalue weighted by molar-refractivity contribution is 7.89. The van der Waals surface area contributed by atoms with E-state index >= 15 is 0 Å². The minimum atomic E-state index is -3.92. The number of rotatable bonds is 7. The van der Waals surface area contributed by atoms with Crippen molar-refractivity contribution in [2.75, 3.05) is 20.3 Å². The molecule has 0 radical (unpaired) electrons. The van der Waals surface area contributed by atoms with E-state index in [-0.39, 0.29) is 10.8 Å². The van der Waals surface area contributed by atoms with E-state index in [9.17, 15) is 18.0 Å². The second kappa shape index (κ2) is 9.27. The van der Waals surface area contributed by atoms with Crippen molar-refractivity contribution in [3.05, 3.63) is 59.7 Å². The molecule has 1 amide bonds. The second-order valence-electron chi connectivity index (χ2n) is 6.96. The Bertz CT molecular complexity index is 1020. The number of fused-ring (bicyclic) bond motifs is 1. The van der Waals surface area contributed by atoms with Gasteiger partial charge < -0.3 is 14.4 Å². The standard InChI is InChI=1S/C21H24N2O6S/c1-15(22-30(26,27)19-9-7-18(28-2)8-10-19)21(25)29-14-20(24)23-12-11-16-5-3-4-6-17(16)13-23/h3-10,15,22H,11-14H2,1-2H3. The van der Waals surface area contributed by atoms with Crippen LogP contribution in [0.4, 0.5) is 0 Å². The molecule has 2 aromatic rings. The molecular weight excluding hydrogens is 408 g/mol. The third kappa shape index (κ3) is 5.17. The monoisotopic (exact) mass is 432 g/mol. The Morgan fingerprint density at radius 3 is 2.43 bits per heavy atom. The zero-order valence-corrected chi connectivity index (χ0v) is 17.6. The summed E-state index contributed by atoms with van der Waals surface area (Å²) in [5, 5.41) is 0. The van der Waals surface area contributed by atoms with Gasteiger partial charge in [0.1, 0.15) is 11.8 Å². The Labute approximate surface area is 175 Å². The zero-order chi connectivity index (χ0) is 21.7. The maximum Gasteiger partial charge on any atom is 0.324 e. The van der Waals surface area contributed by atoms with Crippen LogP contribution in [0.3, 0.4) is 0 Å². The summed E-state index contributed by atoms with van der Waals surface area (Å²) in [6.45, 7) is 1.94. The van der Waals surface area contributed by atoms with E-state index in [1.54, 1.807) is 4.90 Å². The highest BCUT2D eigenvalue weighted by atomic mass is 32.2. The number of hydrogen-bond acceptors (Lipinski definition) is 6. The van der Waals surface area contributed by atoms with Crippen LogP contribution in [-0.2, 0) is 37.3 Å². The van der Waals surface area contributed by atoms with Gasteiger partial charge in [-0.15, -0.1) is 0 Å². The fourth-order valence-corrected chi connectivity index (χ4v) is 4.35. The molecule has 8 nitrogen and oxygen atoms in total. The third-order valence-electron chi connectivity index (χ3n) is 4.88. The number of esters is 1. The fourth-order valence-electron chi connectivity index (χ4n) is 3.16. The van der Waals surface area contributed by atoms with Crippen LogP contribution in [0.25, 0.3) is 0 Å². The maximum absolute atomic E-state index is 12.4. The van der Waals surface area contributed by atoms with Gasteiger partial charge in [-0.05, 0) is 48.7 Å². The first-order chi connectivity index (χ1) is 14.3. The number of carbonyl (C=O) groups excluding carboxylic acids is 2. The molecule has 1 heterocycles. The molecule has 0 saturated carbocycles. The Hall–Kier alpha value is -2.91. The summed E-state index contributed by atoms with van der Waals surface area (Å²) in [7, 11) is -2.45. The molecule has 0 spiro atoms. The largest absolute Gasteiger partial charge is 0.497 e. The number of benzene rings is 2. The van der Waals surface area contributed by atoms with Gasteiger partial charge in [0.25, 0.3) is 5.91 Å². The van der Waals surface area contributed by atoms with Crippen LogP contribution < -0.4 is 9.46 Å². The first kappa shape index (κ1) is 21.8. The van der Waals surface area contributed by atoms with Crippen molar-refractivity contribution in [2.24, 2.45) is 0 Å². The van der Waals surface area contributed by atoms with Gasteiger partial charge in [0, 0.05) is 13.1 Å². The van der Waals surface area contributed by atoms with Crippen LogP contribution in [0, 0.1) is 0 Å². The van der Waals surface area contributed by atoms with E-state index in [4.69, 9.17) is 9.47 Å². The van der Waals surface area contributed by atoms with E-state index in [1.807, 2.05) is 24.3 Å². The lowest BCUT2D eigenvalue weighted by Gasteiger charge is -2.28. The summed E-state index contributed by atoms with van der Waals surface area (Å²) in [6.07, 6.45) is 0.744. The number of amides is 1. The molecule has 30 heavy (non-hydrogen) atoms. The molecule has 9 heteroatoms. The van der Waals surface area contributed by atoms with Crippen LogP contribution in [0.5, 0.6) is 5.75 Å². The maximum atomic E-state index is 12.4. The first-order valence-corrected chi connectivity index (χ1v) is 11.0. The molecule has 0 fully saturated rings. The predicted octanol–water partition coefficient (Wildman–Crippen LogP) is 1.49. The lowest BCUT2D eigenvalue weighted by atomic mass is 10.00. The molecule has 0 aromatic heterocycles. The molecule has 3 rings (SSSR count). The van der Waals surface area contributed by atoms with Crippen LogP contribution in [0.2, 0.25) is 0 Å². The van der Waals surface area contributed by atoms with E-state index in [0.29, 0.717) is 18.8 Å².